The van der Waals surface area contributed by atoms with E-state index in [0.717, 1.165) is 6.54 Å². The molecule has 4 nitrogen and oxygen atoms in total. The number of rotatable bonds is 5. The maximum Gasteiger partial charge on any atom is 0.0586 e. The Hall–Kier alpha value is -0.160. The second-order valence-corrected chi connectivity index (χ2v) is 5.82. The molecule has 1 N–H and O–H groups in total. The third-order valence-electron chi connectivity index (χ3n) is 4.42. The summed E-state index contributed by atoms with van der Waals surface area (Å²) in [6.45, 7) is 7.21. The molecule has 0 aromatic heterocycles. The quantitative estimate of drug-likeness (QED) is 0.786. The summed E-state index contributed by atoms with van der Waals surface area (Å²) in [5.74, 6) is 0. The summed E-state index contributed by atoms with van der Waals surface area (Å²) in [5.41, 5.74) is 0. The molecule has 106 valence electrons. The minimum Gasteiger partial charge on any atom is -0.381 e. The third-order valence-corrected chi connectivity index (χ3v) is 4.42. The highest BCUT2D eigenvalue weighted by atomic mass is 16.5. The van der Waals surface area contributed by atoms with Gasteiger partial charge in [0.05, 0.1) is 6.10 Å². The van der Waals surface area contributed by atoms with Gasteiger partial charge in [0.15, 0.2) is 0 Å². The van der Waals surface area contributed by atoms with Gasteiger partial charge in [0, 0.05) is 52.4 Å². The Labute approximate surface area is 112 Å². The first kappa shape index (κ1) is 14.3. The molecule has 1 saturated heterocycles. The van der Waals surface area contributed by atoms with Crippen LogP contribution in [0.2, 0.25) is 0 Å². The predicted octanol–water partition coefficient (Wildman–Crippen LogP) is 0.781. The molecule has 4 heteroatoms. The summed E-state index contributed by atoms with van der Waals surface area (Å²) < 4.78 is 5.47. The van der Waals surface area contributed by atoms with Crippen molar-refractivity contribution < 1.29 is 4.74 Å². The van der Waals surface area contributed by atoms with Crippen LogP contribution in [0.15, 0.2) is 0 Å². The van der Waals surface area contributed by atoms with Crippen molar-refractivity contribution in [2.24, 2.45) is 0 Å². The molecular formula is C14H29N3O. The van der Waals surface area contributed by atoms with E-state index in [2.05, 4.69) is 22.2 Å². The summed E-state index contributed by atoms with van der Waals surface area (Å²) in [6.07, 6.45) is 5.56. The lowest BCUT2D eigenvalue weighted by atomic mass is 9.93. The Morgan fingerprint density at radius 1 is 1.17 bits per heavy atom. The van der Waals surface area contributed by atoms with Crippen molar-refractivity contribution >= 4 is 0 Å². The van der Waals surface area contributed by atoms with Gasteiger partial charge in [0.2, 0.25) is 0 Å². The molecule has 0 radical (unpaired) electrons. The Balaban J connectivity index is 1.57. The van der Waals surface area contributed by atoms with Crippen molar-refractivity contribution in [1.82, 2.24) is 15.1 Å². The maximum atomic E-state index is 5.47. The number of nitrogens with zero attached hydrogens (tertiary/aromatic N) is 2. The van der Waals surface area contributed by atoms with Crippen LogP contribution >= 0.6 is 0 Å². The largest absolute Gasteiger partial charge is 0.381 e. The van der Waals surface area contributed by atoms with Crippen molar-refractivity contribution in [1.29, 1.82) is 0 Å². The minimum atomic E-state index is 0.486. The number of nitrogens with one attached hydrogen (secondary N) is 1. The van der Waals surface area contributed by atoms with Gasteiger partial charge in [-0.3, -0.25) is 4.90 Å². The molecule has 0 spiro atoms. The summed E-state index contributed by atoms with van der Waals surface area (Å²) in [5, 5.41) is 3.71. The normalized spacial score (nSPS) is 31.7. The Bertz CT molecular complexity index is 229. The molecule has 2 unspecified atom stereocenters. The van der Waals surface area contributed by atoms with Crippen molar-refractivity contribution in [2.45, 2.75) is 37.8 Å². The van der Waals surface area contributed by atoms with E-state index in [0.29, 0.717) is 12.1 Å². The number of piperazine rings is 1. The number of hydrogen-bond acceptors (Lipinski definition) is 4. The van der Waals surface area contributed by atoms with Crippen LogP contribution in [0.4, 0.5) is 0 Å². The van der Waals surface area contributed by atoms with E-state index < -0.39 is 0 Å². The number of hydrogen-bond donors (Lipinski definition) is 1. The second kappa shape index (κ2) is 7.43. The lowest BCUT2D eigenvalue weighted by molar-refractivity contribution is 0.0580. The Morgan fingerprint density at radius 2 is 1.94 bits per heavy atom. The highest BCUT2D eigenvalue weighted by molar-refractivity contribution is 4.79. The highest BCUT2D eigenvalue weighted by Crippen LogP contribution is 2.20. The molecule has 2 rings (SSSR count). The molecule has 1 heterocycles. The van der Waals surface area contributed by atoms with Crippen molar-refractivity contribution in [3.05, 3.63) is 0 Å². The van der Waals surface area contributed by atoms with Crippen molar-refractivity contribution in [3.63, 3.8) is 0 Å². The Morgan fingerprint density at radius 3 is 2.67 bits per heavy atom. The molecular weight excluding hydrogens is 226 g/mol. The summed E-state index contributed by atoms with van der Waals surface area (Å²) in [7, 11) is 4.06. The monoisotopic (exact) mass is 255 g/mol. The first-order valence-corrected chi connectivity index (χ1v) is 7.45. The smallest absolute Gasteiger partial charge is 0.0586 e. The van der Waals surface area contributed by atoms with Gasteiger partial charge in [-0.2, -0.15) is 0 Å². The van der Waals surface area contributed by atoms with E-state index >= 15 is 0 Å². The van der Waals surface area contributed by atoms with Gasteiger partial charge in [-0.15, -0.1) is 0 Å². The molecule has 1 saturated carbocycles. The fraction of sp³-hybridized carbons (Fsp3) is 1.00. The Kier molecular flexibility index (Phi) is 5.89. The fourth-order valence-electron chi connectivity index (χ4n) is 3.04. The topological polar surface area (TPSA) is 27.7 Å². The molecule has 0 aromatic rings. The molecule has 1 aliphatic carbocycles. The molecule has 2 atom stereocenters. The third kappa shape index (κ3) is 4.50. The van der Waals surface area contributed by atoms with Gasteiger partial charge in [0.1, 0.15) is 0 Å². The summed E-state index contributed by atoms with van der Waals surface area (Å²) >= 11 is 0. The van der Waals surface area contributed by atoms with Crippen LogP contribution in [0.25, 0.3) is 0 Å². The molecule has 0 bridgehead atoms. The van der Waals surface area contributed by atoms with Gasteiger partial charge in [-0.25, -0.2) is 0 Å². The van der Waals surface area contributed by atoms with Crippen LogP contribution in [0.5, 0.6) is 0 Å². The number of likely N-dealkylation sites (N-methyl/N-ethyl adjacent to an activating group) is 1. The maximum absolute atomic E-state index is 5.47. The van der Waals surface area contributed by atoms with E-state index in [1.807, 2.05) is 7.11 Å². The van der Waals surface area contributed by atoms with Gasteiger partial charge in [-0.05, 0) is 32.7 Å². The van der Waals surface area contributed by atoms with E-state index in [4.69, 9.17) is 4.74 Å². The lowest BCUT2D eigenvalue weighted by Crippen LogP contribution is -2.47. The molecule has 18 heavy (non-hydrogen) atoms. The fourth-order valence-corrected chi connectivity index (χ4v) is 3.04. The summed E-state index contributed by atoms with van der Waals surface area (Å²) in [6, 6.07) is 0.677. The average molecular weight is 255 g/mol. The first-order chi connectivity index (χ1) is 8.78. The summed E-state index contributed by atoms with van der Waals surface area (Å²) in [4.78, 5) is 4.98. The van der Waals surface area contributed by atoms with E-state index in [-0.39, 0.29) is 0 Å². The zero-order valence-corrected chi connectivity index (χ0v) is 12.0. The van der Waals surface area contributed by atoms with E-state index in [1.54, 1.807) is 0 Å². The van der Waals surface area contributed by atoms with Crippen LogP contribution < -0.4 is 5.32 Å². The van der Waals surface area contributed by atoms with Gasteiger partial charge in [0.25, 0.3) is 0 Å². The molecule has 1 aliphatic heterocycles. The average Bonchev–Trinajstić information content (AvgIpc) is 2.41. The second-order valence-electron chi connectivity index (χ2n) is 5.82. The molecule has 0 aromatic carbocycles. The first-order valence-electron chi connectivity index (χ1n) is 7.45. The van der Waals surface area contributed by atoms with Crippen LogP contribution in [0.1, 0.15) is 25.7 Å². The van der Waals surface area contributed by atoms with Gasteiger partial charge >= 0.3 is 0 Å². The molecule has 2 aliphatic rings. The van der Waals surface area contributed by atoms with E-state index in [1.165, 1.54) is 58.4 Å². The number of ether oxygens (including phenoxy) is 1. The van der Waals surface area contributed by atoms with Crippen molar-refractivity contribution in [3.8, 4) is 0 Å². The lowest BCUT2D eigenvalue weighted by Gasteiger charge is -2.33. The zero-order valence-electron chi connectivity index (χ0n) is 12.0. The van der Waals surface area contributed by atoms with E-state index in [9.17, 15) is 0 Å². The predicted molar refractivity (Wildman–Crippen MR) is 75.0 cm³/mol. The van der Waals surface area contributed by atoms with Gasteiger partial charge < -0.3 is 15.0 Å². The SMILES string of the molecule is COC1CCCC(NCCN2CCN(C)CC2)C1. The van der Waals surface area contributed by atoms with Crippen LogP contribution in [0.3, 0.4) is 0 Å². The standard InChI is InChI=1S/C14H29N3O/c1-16-8-10-17(11-9-16)7-6-15-13-4-3-5-14(12-13)18-2/h13-15H,3-12H2,1-2H3. The van der Waals surface area contributed by atoms with Crippen LogP contribution in [-0.4, -0.2) is 75.4 Å². The molecule has 2 fully saturated rings. The number of methoxy groups -OCH3 is 1. The highest BCUT2D eigenvalue weighted by Gasteiger charge is 2.21. The minimum absolute atomic E-state index is 0.486. The van der Waals surface area contributed by atoms with Gasteiger partial charge in [-0.1, -0.05) is 0 Å². The zero-order chi connectivity index (χ0) is 12.8. The van der Waals surface area contributed by atoms with Crippen molar-refractivity contribution in [2.75, 3.05) is 53.4 Å². The van der Waals surface area contributed by atoms with Crippen LogP contribution in [-0.2, 0) is 4.74 Å². The van der Waals surface area contributed by atoms with Crippen LogP contribution in [0, 0.1) is 0 Å². The molecule has 0 amide bonds.